The molecule has 186 valence electrons. The highest BCUT2D eigenvalue weighted by atomic mass is 16.5. The van der Waals surface area contributed by atoms with E-state index in [4.69, 9.17) is 4.74 Å². The number of nitrogens with one attached hydrogen (secondary N) is 1. The zero-order valence-corrected chi connectivity index (χ0v) is 20.0. The van der Waals surface area contributed by atoms with Crippen LogP contribution in [0.5, 0.6) is 0 Å². The van der Waals surface area contributed by atoms with Gasteiger partial charge in [0.25, 0.3) is 0 Å². The lowest BCUT2D eigenvalue weighted by Crippen LogP contribution is -2.45. The van der Waals surface area contributed by atoms with E-state index >= 15 is 0 Å². The normalized spacial score (nSPS) is 28.8. The second-order valence-electron chi connectivity index (χ2n) is 10.0. The summed E-state index contributed by atoms with van der Waals surface area (Å²) in [5.74, 6) is -0.314. The number of likely N-dealkylation sites (tertiary alicyclic amines) is 1. The molecule has 3 rings (SSSR count). The van der Waals surface area contributed by atoms with Crippen molar-refractivity contribution in [2.75, 3.05) is 19.8 Å². The molecule has 1 aliphatic carbocycles. The Kier molecular flexibility index (Phi) is 10.7. The summed E-state index contributed by atoms with van der Waals surface area (Å²) in [7, 11) is 0. The molecule has 3 atom stereocenters. The molecule has 7 nitrogen and oxygen atoms in total. The monoisotopic (exact) mass is 462 g/mol. The standard InChI is InChI=1S/C26H42N2O5/c29-18-23-13-9-15-28(23)24(30)17-21-12-7-2-1-3-8-14-25(31)33-19-22(27-26(21)32)16-20-10-5-4-6-11-20/h2,7,20-23,29H,1,3-6,8-19H2,(H,27,32)/t21-,22+,23+/m1/s1. The van der Waals surface area contributed by atoms with Crippen molar-refractivity contribution in [1.29, 1.82) is 0 Å². The van der Waals surface area contributed by atoms with Crippen molar-refractivity contribution in [3.05, 3.63) is 12.2 Å². The van der Waals surface area contributed by atoms with Gasteiger partial charge in [0.1, 0.15) is 6.61 Å². The van der Waals surface area contributed by atoms with Crippen LogP contribution in [-0.2, 0) is 19.1 Å². The van der Waals surface area contributed by atoms with Crippen molar-refractivity contribution in [3.8, 4) is 0 Å². The van der Waals surface area contributed by atoms with Gasteiger partial charge in [0, 0.05) is 19.4 Å². The van der Waals surface area contributed by atoms with Crippen LogP contribution >= 0.6 is 0 Å². The summed E-state index contributed by atoms with van der Waals surface area (Å²) < 4.78 is 5.54. The van der Waals surface area contributed by atoms with Crippen LogP contribution in [0.25, 0.3) is 0 Å². The lowest BCUT2D eigenvalue weighted by atomic mass is 9.84. The SMILES string of the molecule is O=C1CCCCC=CC[C@H](CC(=O)N2CCC[C@H]2CO)C(=O)N[C@@H](CC2CCCCC2)CO1. The van der Waals surface area contributed by atoms with Crippen molar-refractivity contribution in [1.82, 2.24) is 10.2 Å². The first-order valence-electron chi connectivity index (χ1n) is 13.1. The van der Waals surface area contributed by atoms with Crippen LogP contribution in [0.1, 0.15) is 89.9 Å². The lowest BCUT2D eigenvalue weighted by Gasteiger charge is -2.29. The minimum absolute atomic E-state index is 0.0304. The predicted molar refractivity (Wildman–Crippen MR) is 126 cm³/mol. The number of cyclic esters (lactones) is 1. The minimum atomic E-state index is -0.457. The van der Waals surface area contributed by atoms with Crippen LogP contribution in [0.3, 0.4) is 0 Å². The van der Waals surface area contributed by atoms with Crippen molar-refractivity contribution in [2.24, 2.45) is 11.8 Å². The Morgan fingerprint density at radius 1 is 1.06 bits per heavy atom. The molecule has 3 aliphatic rings. The van der Waals surface area contributed by atoms with Crippen molar-refractivity contribution in [3.63, 3.8) is 0 Å². The number of esters is 1. The number of carbonyl (C=O) groups excluding carboxylic acids is 3. The molecule has 0 aromatic rings. The molecule has 0 aromatic heterocycles. The lowest BCUT2D eigenvalue weighted by molar-refractivity contribution is -0.145. The van der Waals surface area contributed by atoms with Gasteiger partial charge in [-0.25, -0.2) is 0 Å². The molecule has 0 bridgehead atoms. The van der Waals surface area contributed by atoms with Crippen LogP contribution in [0.4, 0.5) is 0 Å². The van der Waals surface area contributed by atoms with E-state index in [0.29, 0.717) is 25.3 Å². The first kappa shape index (κ1) is 25.7. The fourth-order valence-electron chi connectivity index (χ4n) is 5.45. The van der Waals surface area contributed by atoms with Gasteiger partial charge < -0.3 is 20.1 Å². The van der Waals surface area contributed by atoms with Crippen LogP contribution < -0.4 is 5.32 Å². The largest absolute Gasteiger partial charge is 0.463 e. The molecule has 1 saturated heterocycles. The van der Waals surface area contributed by atoms with E-state index in [1.165, 1.54) is 19.3 Å². The zero-order valence-electron chi connectivity index (χ0n) is 20.0. The fourth-order valence-corrected chi connectivity index (χ4v) is 5.45. The number of amides is 2. The molecule has 2 amide bonds. The fraction of sp³-hybridized carbons (Fsp3) is 0.808. The summed E-state index contributed by atoms with van der Waals surface area (Å²) in [5.41, 5.74) is 0. The summed E-state index contributed by atoms with van der Waals surface area (Å²) in [6.45, 7) is 0.822. The second-order valence-corrected chi connectivity index (χ2v) is 10.0. The van der Waals surface area contributed by atoms with Gasteiger partial charge >= 0.3 is 5.97 Å². The zero-order chi connectivity index (χ0) is 23.5. The maximum atomic E-state index is 13.3. The van der Waals surface area contributed by atoms with E-state index in [1.807, 2.05) is 12.2 Å². The molecule has 2 aliphatic heterocycles. The number of carbonyl (C=O) groups is 3. The minimum Gasteiger partial charge on any atom is -0.463 e. The van der Waals surface area contributed by atoms with Gasteiger partial charge in [-0.15, -0.1) is 0 Å². The maximum Gasteiger partial charge on any atom is 0.305 e. The van der Waals surface area contributed by atoms with Gasteiger partial charge in [-0.1, -0.05) is 44.3 Å². The number of ether oxygens (including phenoxy) is 1. The number of aliphatic hydroxyl groups excluding tert-OH is 1. The summed E-state index contributed by atoms with van der Waals surface area (Å²) in [4.78, 5) is 40.2. The van der Waals surface area contributed by atoms with Gasteiger partial charge in [0.05, 0.1) is 24.6 Å². The Morgan fingerprint density at radius 2 is 1.88 bits per heavy atom. The third-order valence-corrected chi connectivity index (χ3v) is 7.42. The molecule has 1 saturated carbocycles. The average Bonchev–Trinajstić information content (AvgIpc) is 3.30. The first-order chi connectivity index (χ1) is 16.1. The van der Waals surface area contributed by atoms with Crippen LogP contribution in [0.15, 0.2) is 12.2 Å². The molecular formula is C26H42N2O5. The molecule has 0 unspecified atom stereocenters. The second kappa shape index (κ2) is 13.7. The Bertz CT molecular complexity index is 674. The maximum absolute atomic E-state index is 13.3. The third-order valence-electron chi connectivity index (χ3n) is 7.42. The predicted octanol–water partition coefficient (Wildman–Crippen LogP) is 3.49. The number of aliphatic hydroxyl groups is 1. The van der Waals surface area contributed by atoms with Gasteiger partial charge in [0.2, 0.25) is 11.8 Å². The summed E-state index contributed by atoms with van der Waals surface area (Å²) in [5, 5.41) is 12.7. The topological polar surface area (TPSA) is 95.9 Å². The Morgan fingerprint density at radius 3 is 2.67 bits per heavy atom. The van der Waals surface area contributed by atoms with Gasteiger partial charge in [0.15, 0.2) is 0 Å². The Labute approximate surface area is 198 Å². The average molecular weight is 463 g/mol. The Balaban J connectivity index is 1.68. The number of hydrogen-bond acceptors (Lipinski definition) is 5. The number of rotatable bonds is 5. The number of hydrogen-bond donors (Lipinski definition) is 2. The van der Waals surface area contributed by atoms with Gasteiger partial charge in [-0.05, 0) is 50.9 Å². The van der Waals surface area contributed by atoms with E-state index < -0.39 is 5.92 Å². The van der Waals surface area contributed by atoms with Gasteiger partial charge in [-0.3, -0.25) is 14.4 Å². The molecular weight excluding hydrogens is 420 g/mol. The van der Waals surface area contributed by atoms with E-state index in [0.717, 1.165) is 51.4 Å². The summed E-state index contributed by atoms with van der Waals surface area (Å²) in [6.07, 6.45) is 16.2. The highest BCUT2D eigenvalue weighted by molar-refractivity contribution is 5.86. The highest BCUT2D eigenvalue weighted by Gasteiger charge is 2.32. The highest BCUT2D eigenvalue weighted by Crippen LogP contribution is 2.28. The summed E-state index contributed by atoms with van der Waals surface area (Å²) in [6, 6.07) is -0.348. The number of nitrogens with zero attached hydrogens (tertiary/aromatic N) is 1. The Hall–Kier alpha value is -1.89. The van der Waals surface area contributed by atoms with E-state index in [2.05, 4.69) is 5.32 Å². The van der Waals surface area contributed by atoms with Crippen molar-refractivity contribution < 1.29 is 24.2 Å². The molecule has 2 fully saturated rings. The molecule has 0 spiro atoms. The quantitative estimate of drug-likeness (QED) is 0.482. The van der Waals surface area contributed by atoms with Crippen LogP contribution in [0, 0.1) is 11.8 Å². The van der Waals surface area contributed by atoms with Crippen LogP contribution in [-0.4, -0.2) is 59.6 Å². The molecule has 33 heavy (non-hydrogen) atoms. The van der Waals surface area contributed by atoms with Gasteiger partial charge in [-0.2, -0.15) is 0 Å². The van der Waals surface area contributed by atoms with Crippen LogP contribution in [0.2, 0.25) is 0 Å². The van der Waals surface area contributed by atoms with Crippen molar-refractivity contribution >= 4 is 17.8 Å². The number of allylic oxidation sites excluding steroid dienone is 2. The summed E-state index contributed by atoms with van der Waals surface area (Å²) >= 11 is 0. The first-order valence-corrected chi connectivity index (χ1v) is 13.1. The van der Waals surface area contributed by atoms with Crippen molar-refractivity contribution in [2.45, 2.75) is 102 Å². The van der Waals surface area contributed by atoms with E-state index in [9.17, 15) is 19.5 Å². The molecule has 0 radical (unpaired) electrons. The molecule has 2 N–H and O–H groups in total. The molecule has 0 aromatic carbocycles. The van der Waals surface area contributed by atoms with E-state index in [-0.39, 0.29) is 49.5 Å². The van der Waals surface area contributed by atoms with E-state index in [1.54, 1.807) is 4.90 Å². The smallest absolute Gasteiger partial charge is 0.305 e. The molecule has 2 heterocycles. The third kappa shape index (κ3) is 8.43. The molecule has 7 heteroatoms.